The lowest BCUT2D eigenvalue weighted by molar-refractivity contribution is -0.137. The number of benzene rings is 2. The summed E-state index contributed by atoms with van der Waals surface area (Å²) in [6.45, 7) is 1.83. The summed E-state index contributed by atoms with van der Waals surface area (Å²) in [6.07, 6.45) is 1.67. The number of hydrogen-bond acceptors (Lipinski definition) is 3. The first-order valence-corrected chi connectivity index (χ1v) is 12.7. The highest BCUT2D eigenvalue weighted by Gasteiger charge is 2.37. The van der Waals surface area contributed by atoms with Crippen LogP contribution < -0.4 is 10.1 Å². The van der Waals surface area contributed by atoms with Gasteiger partial charge in [0.2, 0.25) is 0 Å². The van der Waals surface area contributed by atoms with E-state index in [1.807, 2.05) is 0 Å². The molecule has 1 saturated heterocycles. The zero-order chi connectivity index (χ0) is 25.8. The Morgan fingerprint density at radius 3 is 2.50 bits per heavy atom. The number of ether oxygens (including phenoxy) is 1. The standard InChI is InChI=1S/C27H30ClF3N2O3/c28-21-8-9-23-22(17-21)24(34)32-18-26(10-3-1-2-4-15-36-23)11-13-33(14-12-26)25(35)19-6-5-7-20(16-19)27(29,30)31/h5-9,16-17H,1-4,10-15,18H2,(H,32,34). The zero-order valence-corrected chi connectivity index (χ0v) is 20.8. The minimum absolute atomic E-state index is 0.0394. The van der Waals surface area contributed by atoms with Crippen LogP contribution in [0, 0.1) is 5.41 Å². The summed E-state index contributed by atoms with van der Waals surface area (Å²) < 4.78 is 45.1. The second-order valence-electron chi connectivity index (χ2n) is 9.71. The monoisotopic (exact) mass is 522 g/mol. The molecular formula is C27H30ClF3N2O3. The van der Waals surface area contributed by atoms with E-state index in [9.17, 15) is 22.8 Å². The molecule has 0 aromatic heterocycles. The number of carbonyl (C=O) groups excluding carboxylic acids is 2. The molecule has 2 aliphatic heterocycles. The number of hydrogen-bond donors (Lipinski definition) is 1. The van der Waals surface area contributed by atoms with E-state index in [1.165, 1.54) is 12.1 Å². The largest absolute Gasteiger partial charge is 0.493 e. The highest BCUT2D eigenvalue weighted by atomic mass is 35.5. The smallest absolute Gasteiger partial charge is 0.416 e. The highest BCUT2D eigenvalue weighted by Crippen LogP contribution is 2.38. The molecule has 2 aromatic carbocycles. The van der Waals surface area contributed by atoms with Crippen molar-refractivity contribution in [1.29, 1.82) is 0 Å². The SMILES string of the molecule is O=C1NCC2(CCCCCCOc3ccc(Cl)cc31)CCN(C(=O)c1cccc(C(F)(F)F)c1)CC2. The van der Waals surface area contributed by atoms with Crippen molar-refractivity contribution in [2.45, 2.75) is 51.1 Å². The first-order chi connectivity index (χ1) is 17.2. The van der Waals surface area contributed by atoms with Crippen LogP contribution in [0.3, 0.4) is 0 Å². The molecule has 0 atom stereocenters. The summed E-state index contributed by atoms with van der Waals surface area (Å²) in [5.41, 5.74) is -0.579. The Labute approximate surface area is 213 Å². The summed E-state index contributed by atoms with van der Waals surface area (Å²) >= 11 is 6.13. The fourth-order valence-corrected chi connectivity index (χ4v) is 5.19. The molecule has 2 aliphatic rings. The van der Waals surface area contributed by atoms with Crippen LogP contribution in [0.1, 0.15) is 71.2 Å². The topological polar surface area (TPSA) is 58.6 Å². The van der Waals surface area contributed by atoms with E-state index in [-0.39, 0.29) is 16.9 Å². The van der Waals surface area contributed by atoms with Crippen LogP contribution in [0.2, 0.25) is 5.02 Å². The molecular weight excluding hydrogens is 493 g/mol. The van der Waals surface area contributed by atoms with E-state index in [0.717, 1.165) is 44.2 Å². The average molecular weight is 523 g/mol. The Balaban J connectivity index is 1.46. The third-order valence-corrected chi connectivity index (χ3v) is 7.45. The summed E-state index contributed by atoms with van der Waals surface area (Å²) in [4.78, 5) is 27.6. The van der Waals surface area contributed by atoms with Crippen LogP contribution in [-0.4, -0.2) is 43.0 Å². The van der Waals surface area contributed by atoms with Gasteiger partial charge in [0.25, 0.3) is 11.8 Å². The van der Waals surface area contributed by atoms with Gasteiger partial charge < -0.3 is 15.0 Å². The molecule has 0 bridgehead atoms. The van der Waals surface area contributed by atoms with Gasteiger partial charge in [0.1, 0.15) is 5.75 Å². The van der Waals surface area contributed by atoms with E-state index in [1.54, 1.807) is 23.1 Å². The van der Waals surface area contributed by atoms with Gasteiger partial charge in [-0.15, -0.1) is 0 Å². The predicted octanol–water partition coefficient (Wildman–Crippen LogP) is 6.35. The lowest BCUT2D eigenvalue weighted by atomic mass is 9.74. The molecule has 4 rings (SSSR count). The van der Waals surface area contributed by atoms with Crippen molar-refractivity contribution >= 4 is 23.4 Å². The van der Waals surface area contributed by atoms with Crippen molar-refractivity contribution in [3.05, 3.63) is 64.2 Å². The second-order valence-corrected chi connectivity index (χ2v) is 10.1. The van der Waals surface area contributed by atoms with Crippen molar-refractivity contribution < 1.29 is 27.5 Å². The molecule has 0 aliphatic carbocycles. The minimum atomic E-state index is -4.50. The molecule has 0 unspecified atom stereocenters. The summed E-state index contributed by atoms with van der Waals surface area (Å²) in [6, 6.07) is 9.58. The Morgan fingerprint density at radius 1 is 1.00 bits per heavy atom. The van der Waals surface area contributed by atoms with E-state index in [2.05, 4.69) is 5.32 Å². The van der Waals surface area contributed by atoms with Gasteiger partial charge >= 0.3 is 6.18 Å². The maximum atomic E-state index is 13.1. The third-order valence-electron chi connectivity index (χ3n) is 7.22. The molecule has 5 nitrogen and oxygen atoms in total. The van der Waals surface area contributed by atoms with Crippen LogP contribution in [0.4, 0.5) is 13.2 Å². The van der Waals surface area contributed by atoms with Crippen molar-refractivity contribution in [2.75, 3.05) is 26.2 Å². The normalized spacial score (nSPS) is 19.2. The van der Waals surface area contributed by atoms with E-state index < -0.39 is 17.6 Å². The van der Waals surface area contributed by atoms with Crippen molar-refractivity contribution in [3.63, 3.8) is 0 Å². The van der Waals surface area contributed by atoms with Crippen LogP contribution >= 0.6 is 11.6 Å². The third kappa shape index (κ3) is 6.33. The van der Waals surface area contributed by atoms with Gasteiger partial charge in [-0.1, -0.05) is 36.9 Å². The maximum Gasteiger partial charge on any atom is 0.416 e. The van der Waals surface area contributed by atoms with Crippen LogP contribution in [0.15, 0.2) is 42.5 Å². The lowest BCUT2D eigenvalue weighted by Crippen LogP contribution is -2.48. The first-order valence-electron chi connectivity index (χ1n) is 12.3. The number of amides is 2. The van der Waals surface area contributed by atoms with E-state index in [0.29, 0.717) is 55.4 Å². The number of alkyl halides is 3. The minimum Gasteiger partial charge on any atom is -0.493 e. The molecule has 0 saturated carbocycles. The van der Waals surface area contributed by atoms with Gasteiger partial charge in [-0.3, -0.25) is 9.59 Å². The Morgan fingerprint density at radius 2 is 1.75 bits per heavy atom. The molecule has 1 N–H and O–H groups in total. The molecule has 36 heavy (non-hydrogen) atoms. The van der Waals surface area contributed by atoms with Gasteiger partial charge in [-0.2, -0.15) is 13.2 Å². The van der Waals surface area contributed by atoms with Crippen LogP contribution in [-0.2, 0) is 6.18 Å². The molecule has 1 fully saturated rings. The van der Waals surface area contributed by atoms with Gasteiger partial charge in [0.05, 0.1) is 17.7 Å². The lowest BCUT2D eigenvalue weighted by Gasteiger charge is -2.42. The number of halogens is 4. The molecule has 194 valence electrons. The van der Waals surface area contributed by atoms with E-state index >= 15 is 0 Å². The number of likely N-dealkylation sites (tertiary alicyclic amines) is 1. The van der Waals surface area contributed by atoms with Crippen molar-refractivity contribution in [1.82, 2.24) is 10.2 Å². The second kappa shape index (κ2) is 11.1. The fourth-order valence-electron chi connectivity index (χ4n) is 5.02. The summed E-state index contributed by atoms with van der Waals surface area (Å²) in [5, 5.41) is 3.51. The molecule has 2 aromatic rings. The van der Waals surface area contributed by atoms with Crippen molar-refractivity contribution in [2.24, 2.45) is 5.41 Å². The van der Waals surface area contributed by atoms with E-state index in [4.69, 9.17) is 16.3 Å². The number of nitrogens with zero attached hydrogens (tertiary/aromatic N) is 1. The molecule has 2 amide bonds. The van der Waals surface area contributed by atoms with Gasteiger partial charge in [0.15, 0.2) is 0 Å². The Hall–Kier alpha value is -2.74. The average Bonchev–Trinajstić information content (AvgIpc) is 2.87. The van der Waals surface area contributed by atoms with Gasteiger partial charge in [-0.05, 0) is 67.5 Å². The maximum absolute atomic E-state index is 13.1. The molecule has 1 spiro atoms. The first kappa shape index (κ1) is 26.3. The predicted molar refractivity (Wildman–Crippen MR) is 131 cm³/mol. The van der Waals surface area contributed by atoms with Crippen LogP contribution in [0.25, 0.3) is 0 Å². The zero-order valence-electron chi connectivity index (χ0n) is 20.0. The Kier molecular flexibility index (Phi) is 8.13. The number of fused-ring (bicyclic) bond motifs is 1. The van der Waals surface area contributed by atoms with Gasteiger partial charge in [0, 0.05) is 30.2 Å². The summed E-state index contributed by atoms with van der Waals surface area (Å²) in [5.74, 6) is -0.148. The Bertz CT molecular complexity index is 1100. The number of nitrogens with one attached hydrogen (secondary N) is 1. The highest BCUT2D eigenvalue weighted by molar-refractivity contribution is 6.31. The van der Waals surface area contributed by atoms with Crippen molar-refractivity contribution in [3.8, 4) is 5.75 Å². The fraction of sp³-hybridized carbons (Fsp3) is 0.481. The molecule has 2 heterocycles. The van der Waals surface area contributed by atoms with Crippen LogP contribution in [0.5, 0.6) is 5.75 Å². The quantitative estimate of drug-likeness (QED) is 0.474. The molecule has 9 heteroatoms. The molecule has 0 radical (unpaired) electrons. The summed E-state index contributed by atoms with van der Waals surface area (Å²) in [7, 11) is 0. The number of carbonyl (C=O) groups is 2. The number of piperidine rings is 1. The van der Waals surface area contributed by atoms with Gasteiger partial charge in [-0.25, -0.2) is 0 Å². The number of rotatable bonds is 1.